The van der Waals surface area contributed by atoms with Crippen LogP contribution in [0.2, 0.25) is 0 Å². The van der Waals surface area contributed by atoms with E-state index in [4.69, 9.17) is 10.5 Å². The first kappa shape index (κ1) is 10.9. The Morgan fingerprint density at radius 1 is 1.50 bits per heavy atom. The predicted molar refractivity (Wildman–Crippen MR) is 55.1 cm³/mol. The van der Waals surface area contributed by atoms with E-state index in [9.17, 15) is 0 Å². The molecule has 4 nitrogen and oxygen atoms in total. The van der Waals surface area contributed by atoms with Crippen LogP contribution in [0.1, 0.15) is 19.4 Å². The first-order valence-electron chi connectivity index (χ1n) is 4.85. The lowest BCUT2D eigenvalue weighted by molar-refractivity contribution is 0.258. The lowest BCUT2D eigenvalue weighted by atomic mass is 10.2. The molecule has 14 heavy (non-hydrogen) atoms. The van der Waals surface area contributed by atoms with Crippen molar-refractivity contribution in [1.29, 1.82) is 0 Å². The lowest BCUT2D eigenvalue weighted by Crippen LogP contribution is -2.10. The Morgan fingerprint density at radius 3 is 2.93 bits per heavy atom. The minimum atomic E-state index is 0.496. The van der Waals surface area contributed by atoms with Gasteiger partial charge in [0.2, 0.25) is 5.88 Å². The molecule has 0 aliphatic heterocycles. The molecule has 0 aliphatic carbocycles. The van der Waals surface area contributed by atoms with Crippen LogP contribution < -0.4 is 10.5 Å². The van der Waals surface area contributed by atoms with E-state index < -0.39 is 0 Å². The highest BCUT2D eigenvalue weighted by Crippen LogP contribution is 2.13. The Bertz CT molecular complexity index is 276. The summed E-state index contributed by atoms with van der Waals surface area (Å²) in [7, 11) is 0. The first-order chi connectivity index (χ1) is 6.74. The molecule has 1 rings (SSSR count). The second-order valence-electron chi connectivity index (χ2n) is 3.60. The molecule has 0 unspecified atom stereocenters. The van der Waals surface area contributed by atoms with Gasteiger partial charge in [0, 0.05) is 11.8 Å². The molecule has 78 valence electrons. The van der Waals surface area contributed by atoms with Gasteiger partial charge in [0.25, 0.3) is 0 Å². The van der Waals surface area contributed by atoms with Gasteiger partial charge >= 0.3 is 0 Å². The van der Waals surface area contributed by atoms with Crippen LogP contribution in [0.15, 0.2) is 12.5 Å². The average Bonchev–Trinajstić information content (AvgIpc) is 2.17. The normalized spacial score (nSPS) is 10.6. The van der Waals surface area contributed by atoms with Gasteiger partial charge in [0.05, 0.1) is 6.61 Å². The van der Waals surface area contributed by atoms with Gasteiger partial charge in [-0.25, -0.2) is 9.97 Å². The Labute approximate surface area is 84.5 Å². The first-order valence-corrected chi connectivity index (χ1v) is 4.85. The Hall–Kier alpha value is -1.16. The molecule has 0 saturated carbocycles. The molecule has 0 atom stereocenters. The maximum Gasteiger partial charge on any atom is 0.219 e. The number of rotatable bonds is 5. The Balaban J connectivity index is 2.64. The molecule has 0 spiro atoms. The Kier molecular flexibility index (Phi) is 4.32. The summed E-state index contributed by atoms with van der Waals surface area (Å²) in [6.07, 6.45) is 4.01. The van der Waals surface area contributed by atoms with Crippen LogP contribution >= 0.6 is 0 Å². The Morgan fingerprint density at radius 2 is 2.29 bits per heavy atom. The molecule has 1 aromatic heterocycles. The van der Waals surface area contributed by atoms with Crippen LogP contribution in [0.4, 0.5) is 0 Å². The maximum atomic E-state index is 5.54. The van der Waals surface area contributed by atoms with Crippen LogP contribution in [-0.2, 0) is 6.42 Å². The zero-order valence-corrected chi connectivity index (χ0v) is 8.73. The quantitative estimate of drug-likeness (QED) is 0.761. The molecule has 0 fully saturated rings. The SMILES string of the molecule is CC(C)COc1ncncc1CCN. The third kappa shape index (κ3) is 3.30. The molecule has 0 saturated heterocycles. The van der Waals surface area contributed by atoms with E-state index in [1.807, 2.05) is 0 Å². The zero-order chi connectivity index (χ0) is 10.4. The third-order valence-electron chi connectivity index (χ3n) is 1.71. The second kappa shape index (κ2) is 5.54. The van der Waals surface area contributed by atoms with E-state index in [2.05, 4.69) is 23.8 Å². The molecule has 0 aromatic carbocycles. The molecule has 0 amide bonds. The summed E-state index contributed by atoms with van der Waals surface area (Å²) in [5.41, 5.74) is 6.46. The van der Waals surface area contributed by atoms with Crippen LogP contribution in [0.5, 0.6) is 5.88 Å². The molecule has 0 radical (unpaired) electrons. The van der Waals surface area contributed by atoms with Crippen molar-refractivity contribution in [3.05, 3.63) is 18.1 Å². The van der Waals surface area contributed by atoms with Gasteiger partial charge in [-0.15, -0.1) is 0 Å². The van der Waals surface area contributed by atoms with Crippen LogP contribution in [0.3, 0.4) is 0 Å². The molecular formula is C10H17N3O. The van der Waals surface area contributed by atoms with Gasteiger partial charge in [-0.1, -0.05) is 13.8 Å². The monoisotopic (exact) mass is 195 g/mol. The fourth-order valence-electron chi connectivity index (χ4n) is 1.05. The smallest absolute Gasteiger partial charge is 0.219 e. The lowest BCUT2D eigenvalue weighted by Gasteiger charge is -2.10. The summed E-state index contributed by atoms with van der Waals surface area (Å²) >= 11 is 0. The van der Waals surface area contributed by atoms with Gasteiger partial charge in [-0.3, -0.25) is 0 Å². The van der Waals surface area contributed by atoms with Crippen molar-refractivity contribution in [3.8, 4) is 5.88 Å². The summed E-state index contributed by atoms with van der Waals surface area (Å²) in [4.78, 5) is 8.02. The number of nitrogens with zero attached hydrogens (tertiary/aromatic N) is 2. The fraction of sp³-hybridized carbons (Fsp3) is 0.600. The van der Waals surface area contributed by atoms with Crippen molar-refractivity contribution in [1.82, 2.24) is 9.97 Å². The maximum absolute atomic E-state index is 5.54. The zero-order valence-electron chi connectivity index (χ0n) is 8.73. The van der Waals surface area contributed by atoms with Crippen molar-refractivity contribution in [2.24, 2.45) is 11.7 Å². The minimum Gasteiger partial charge on any atom is -0.477 e. The van der Waals surface area contributed by atoms with E-state index in [0.29, 0.717) is 24.9 Å². The largest absolute Gasteiger partial charge is 0.477 e. The molecule has 0 bridgehead atoms. The van der Waals surface area contributed by atoms with Gasteiger partial charge in [-0.2, -0.15) is 0 Å². The molecule has 4 heteroatoms. The van der Waals surface area contributed by atoms with E-state index in [-0.39, 0.29) is 0 Å². The highest BCUT2D eigenvalue weighted by Gasteiger charge is 2.05. The summed E-state index contributed by atoms with van der Waals surface area (Å²) in [5.74, 6) is 1.16. The van der Waals surface area contributed by atoms with E-state index >= 15 is 0 Å². The minimum absolute atomic E-state index is 0.496. The standard InChI is InChI=1S/C10H17N3O/c1-8(2)6-14-10-9(3-4-11)5-12-7-13-10/h5,7-8H,3-4,6,11H2,1-2H3. The number of nitrogens with two attached hydrogens (primary N) is 1. The predicted octanol–water partition coefficient (Wildman–Crippen LogP) is 1.01. The summed E-state index contributed by atoms with van der Waals surface area (Å²) in [5, 5.41) is 0. The molecule has 1 heterocycles. The molecule has 0 aliphatic rings. The second-order valence-corrected chi connectivity index (χ2v) is 3.60. The van der Waals surface area contributed by atoms with E-state index in [1.54, 1.807) is 6.20 Å². The van der Waals surface area contributed by atoms with E-state index in [0.717, 1.165) is 12.0 Å². The van der Waals surface area contributed by atoms with Crippen LogP contribution in [0.25, 0.3) is 0 Å². The highest BCUT2D eigenvalue weighted by atomic mass is 16.5. The number of hydrogen-bond donors (Lipinski definition) is 1. The fourth-order valence-corrected chi connectivity index (χ4v) is 1.05. The van der Waals surface area contributed by atoms with Crippen molar-refractivity contribution >= 4 is 0 Å². The third-order valence-corrected chi connectivity index (χ3v) is 1.71. The van der Waals surface area contributed by atoms with Crippen molar-refractivity contribution in [2.45, 2.75) is 20.3 Å². The summed E-state index contributed by atoms with van der Waals surface area (Å²) < 4.78 is 5.54. The van der Waals surface area contributed by atoms with E-state index in [1.165, 1.54) is 6.33 Å². The number of ether oxygens (including phenoxy) is 1. The average molecular weight is 195 g/mol. The number of aromatic nitrogens is 2. The van der Waals surface area contributed by atoms with Crippen molar-refractivity contribution < 1.29 is 4.74 Å². The van der Waals surface area contributed by atoms with Crippen LogP contribution in [0, 0.1) is 5.92 Å². The summed E-state index contributed by atoms with van der Waals surface area (Å²) in [6, 6.07) is 0. The van der Waals surface area contributed by atoms with Crippen molar-refractivity contribution in [3.63, 3.8) is 0 Å². The van der Waals surface area contributed by atoms with Gasteiger partial charge in [0.1, 0.15) is 6.33 Å². The molecule has 2 N–H and O–H groups in total. The van der Waals surface area contributed by atoms with Gasteiger partial charge in [0.15, 0.2) is 0 Å². The van der Waals surface area contributed by atoms with Crippen molar-refractivity contribution in [2.75, 3.05) is 13.2 Å². The molecule has 1 aromatic rings. The highest BCUT2D eigenvalue weighted by molar-refractivity contribution is 5.22. The topological polar surface area (TPSA) is 61.0 Å². The van der Waals surface area contributed by atoms with Gasteiger partial charge in [-0.05, 0) is 18.9 Å². The molecular weight excluding hydrogens is 178 g/mol. The van der Waals surface area contributed by atoms with Crippen LogP contribution in [-0.4, -0.2) is 23.1 Å². The number of hydrogen-bond acceptors (Lipinski definition) is 4. The van der Waals surface area contributed by atoms with Gasteiger partial charge < -0.3 is 10.5 Å². The summed E-state index contributed by atoms with van der Waals surface area (Å²) in [6.45, 7) is 5.47.